The summed E-state index contributed by atoms with van der Waals surface area (Å²) < 4.78 is 0. The van der Waals surface area contributed by atoms with Crippen LogP contribution in [0.25, 0.3) is 0 Å². The van der Waals surface area contributed by atoms with E-state index in [9.17, 15) is 4.79 Å². The summed E-state index contributed by atoms with van der Waals surface area (Å²) in [5.41, 5.74) is 13.7. The van der Waals surface area contributed by atoms with Gasteiger partial charge in [0.25, 0.3) is 0 Å². The highest BCUT2D eigenvalue weighted by Crippen LogP contribution is 2.13. The molecule has 0 unspecified atom stereocenters. The van der Waals surface area contributed by atoms with Crippen LogP contribution in [0.4, 0.5) is 0 Å². The van der Waals surface area contributed by atoms with Crippen molar-refractivity contribution in [3.63, 3.8) is 0 Å². The van der Waals surface area contributed by atoms with E-state index in [1.54, 1.807) is 0 Å². The average molecular weight is 220 g/mol. The van der Waals surface area contributed by atoms with Gasteiger partial charge in [0.1, 0.15) is 0 Å². The molecule has 88 valence electrons. The van der Waals surface area contributed by atoms with Gasteiger partial charge in [-0.15, -0.1) is 0 Å². The first-order valence-corrected chi connectivity index (χ1v) is 5.80. The normalized spacial score (nSPS) is 10.4. The predicted molar refractivity (Wildman–Crippen MR) is 66.3 cm³/mol. The quantitative estimate of drug-likeness (QED) is 0.715. The number of hydrogen-bond acceptors (Lipinski definition) is 2. The van der Waals surface area contributed by atoms with Gasteiger partial charge in [-0.1, -0.05) is 13.0 Å². The molecule has 3 nitrogen and oxygen atoms in total. The van der Waals surface area contributed by atoms with Gasteiger partial charge >= 0.3 is 0 Å². The van der Waals surface area contributed by atoms with Crippen LogP contribution in [0.15, 0.2) is 18.2 Å². The first-order chi connectivity index (χ1) is 7.67. The van der Waals surface area contributed by atoms with Crippen molar-refractivity contribution >= 4 is 5.91 Å². The van der Waals surface area contributed by atoms with Crippen molar-refractivity contribution in [2.24, 2.45) is 11.5 Å². The van der Waals surface area contributed by atoms with Crippen LogP contribution >= 0.6 is 0 Å². The Balaban J connectivity index is 2.82. The molecule has 0 aliphatic heterocycles. The molecule has 0 bridgehead atoms. The van der Waals surface area contributed by atoms with Crippen LogP contribution in [0.1, 0.15) is 41.3 Å². The molecule has 0 aliphatic rings. The van der Waals surface area contributed by atoms with E-state index in [2.05, 4.69) is 13.0 Å². The molecule has 0 fully saturated rings. The van der Waals surface area contributed by atoms with Gasteiger partial charge in [0.15, 0.2) is 0 Å². The van der Waals surface area contributed by atoms with Gasteiger partial charge in [0, 0.05) is 5.56 Å². The summed E-state index contributed by atoms with van der Waals surface area (Å²) in [6, 6.07) is 5.90. The monoisotopic (exact) mass is 220 g/mol. The Bertz CT molecular complexity index is 361. The topological polar surface area (TPSA) is 69.1 Å². The molecule has 0 atom stereocenters. The van der Waals surface area contributed by atoms with Crippen LogP contribution in [0, 0.1) is 0 Å². The Kier molecular flexibility index (Phi) is 4.99. The van der Waals surface area contributed by atoms with Crippen molar-refractivity contribution in [2.75, 3.05) is 6.54 Å². The van der Waals surface area contributed by atoms with Crippen LogP contribution in [0.3, 0.4) is 0 Å². The number of benzene rings is 1. The molecule has 0 spiro atoms. The van der Waals surface area contributed by atoms with Gasteiger partial charge in [-0.2, -0.15) is 0 Å². The molecule has 3 heteroatoms. The number of hydrogen-bond donors (Lipinski definition) is 2. The van der Waals surface area contributed by atoms with Crippen LogP contribution in [0.5, 0.6) is 0 Å². The number of primary amides is 1. The molecule has 0 aromatic heterocycles. The van der Waals surface area contributed by atoms with Gasteiger partial charge in [0.2, 0.25) is 5.91 Å². The standard InChI is InChI=1S/C13H20N2O/c1-2-10-7-11(5-3-4-6-14)9-12(8-10)13(15)16/h7-9H,2-6,14H2,1H3,(H2,15,16). The summed E-state index contributed by atoms with van der Waals surface area (Å²) in [5, 5.41) is 0. The van der Waals surface area contributed by atoms with E-state index < -0.39 is 0 Å². The minimum atomic E-state index is -0.352. The van der Waals surface area contributed by atoms with Crippen LogP contribution in [0.2, 0.25) is 0 Å². The third-order valence-corrected chi connectivity index (χ3v) is 2.66. The van der Waals surface area contributed by atoms with Gasteiger partial charge < -0.3 is 11.5 Å². The number of amides is 1. The molecular weight excluding hydrogens is 200 g/mol. The third-order valence-electron chi connectivity index (χ3n) is 2.66. The Morgan fingerprint density at radius 1 is 1.19 bits per heavy atom. The van der Waals surface area contributed by atoms with E-state index in [1.807, 2.05) is 12.1 Å². The van der Waals surface area contributed by atoms with Crippen molar-refractivity contribution < 1.29 is 4.79 Å². The molecule has 0 saturated carbocycles. The van der Waals surface area contributed by atoms with Gasteiger partial charge in [-0.25, -0.2) is 0 Å². The fourth-order valence-electron chi connectivity index (χ4n) is 1.73. The Morgan fingerprint density at radius 2 is 1.88 bits per heavy atom. The zero-order valence-electron chi connectivity index (χ0n) is 9.83. The van der Waals surface area contributed by atoms with E-state index in [0.29, 0.717) is 5.56 Å². The maximum atomic E-state index is 11.2. The smallest absolute Gasteiger partial charge is 0.248 e. The highest BCUT2D eigenvalue weighted by atomic mass is 16.1. The van der Waals surface area contributed by atoms with Gasteiger partial charge in [-0.05, 0) is 55.5 Å². The van der Waals surface area contributed by atoms with Crippen molar-refractivity contribution in [2.45, 2.75) is 32.6 Å². The first-order valence-electron chi connectivity index (χ1n) is 5.80. The molecule has 0 saturated heterocycles. The fourth-order valence-corrected chi connectivity index (χ4v) is 1.73. The van der Waals surface area contributed by atoms with E-state index in [1.165, 1.54) is 11.1 Å². The summed E-state index contributed by atoms with van der Waals surface area (Å²) >= 11 is 0. The maximum Gasteiger partial charge on any atom is 0.248 e. The first kappa shape index (κ1) is 12.7. The minimum absolute atomic E-state index is 0.352. The Morgan fingerprint density at radius 3 is 2.44 bits per heavy atom. The fraction of sp³-hybridized carbons (Fsp3) is 0.462. The predicted octanol–water partition coefficient (Wildman–Crippen LogP) is 1.63. The molecular formula is C13H20N2O. The molecule has 1 rings (SSSR count). The van der Waals surface area contributed by atoms with E-state index in [-0.39, 0.29) is 5.91 Å². The number of carbonyl (C=O) groups excluding carboxylic acids is 1. The van der Waals surface area contributed by atoms with Crippen LogP contribution < -0.4 is 11.5 Å². The van der Waals surface area contributed by atoms with Crippen LogP contribution in [-0.2, 0) is 12.8 Å². The second kappa shape index (κ2) is 6.28. The van der Waals surface area contributed by atoms with Crippen LogP contribution in [-0.4, -0.2) is 12.5 Å². The largest absolute Gasteiger partial charge is 0.366 e. The zero-order chi connectivity index (χ0) is 12.0. The lowest BCUT2D eigenvalue weighted by Crippen LogP contribution is -2.12. The molecule has 0 radical (unpaired) electrons. The highest BCUT2D eigenvalue weighted by molar-refractivity contribution is 5.93. The van der Waals surface area contributed by atoms with Crippen molar-refractivity contribution in [1.82, 2.24) is 0 Å². The highest BCUT2D eigenvalue weighted by Gasteiger charge is 2.04. The summed E-state index contributed by atoms with van der Waals surface area (Å²) in [7, 11) is 0. The van der Waals surface area contributed by atoms with Gasteiger partial charge in [-0.3, -0.25) is 4.79 Å². The third kappa shape index (κ3) is 3.66. The molecule has 1 aromatic rings. The number of unbranched alkanes of at least 4 members (excludes halogenated alkanes) is 1. The summed E-state index contributed by atoms with van der Waals surface area (Å²) in [6.45, 7) is 2.79. The second-order valence-corrected chi connectivity index (χ2v) is 4.00. The SMILES string of the molecule is CCc1cc(CCCCN)cc(C(N)=O)c1. The maximum absolute atomic E-state index is 11.2. The lowest BCUT2D eigenvalue weighted by atomic mass is 10.00. The Labute approximate surface area is 96.8 Å². The van der Waals surface area contributed by atoms with Crippen molar-refractivity contribution in [1.29, 1.82) is 0 Å². The second-order valence-electron chi connectivity index (χ2n) is 4.00. The van der Waals surface area contributed by atoms with Crippen molar-refractivity contribution in [3.05, 3.63) is 34.9 Å². The molecule has 16 heavy (non-hydrogen) atoms. The molecule has 4 N–H and O–H groups in total. The van der Waals surface area contributed by atoms with Crippen molar-refractivity contribution in [3.8, 4) is 0 Å². The summed E-state index contributed by atoms with van der Waals surface area (Å²) in [5.74, 6) is -0.352. The summed E-state index contributed by atoms with van der Waals surface area (Å²) in [6.07, 6.45) is 3.96. The van der Waals surface area contributed by atoms with E-state index in [0.717, 1.165) is 32.2 Å². The minimum Gasteiger partial charge on any atom is -0.366 e. The number of aryl methyl sites for hydroxylation is 2. The average Bonchev–Trinajstić information content (AvgIpc) is 2.29. The molecule has 1 aromatic carbocycles. The molecule has 1 amide bonds. The number of carbonyl (C=O) groups is 1. The van der Waals surface area contributed by atoms with Gasteiger partial charge in [0.05, 0.1) is 0 Å². The number of rotatable bonds is 6. The molecule has 0 heterocycles. The zero-order valence-corrected chi connectivity index (χ0v) is 9.83. The Hall–Kier alpha value is -1.35. The lowest BCUT2D eigenvalue weighted by Gasteiger charge is -2.06. The van der Waals surface area contributed by atoms with E-state index >= 15 is 0 Å². The van der Waals surface area contributed by atoms with E-state index in [4.69, 9.17) is 11.5 Å². The molecule has 0 aliphatic carbocycles. The summed E-state index contributed by atoms with van der Waals surface area (Å²) in [4.78, 5) is 11.2. The lowest BCUT2D eigenvalue weighted by molar-refractivity contribution is 0.1000. The number of nitrogens with two attached hydrogens (primary N) is 2.